The predicted octanol–water partition coefficient (Wildman–Crippen LogP) is 1.49. The fraction of sp³-hybridized carbons (Fsp3) is 0.333. The van der Waals surface area contributed by atoms with Crippen molar-refractivity contribution >= 4 is 17.3 Å². The summed E-state index contributed by atoms with van der Waals surface area (Å²) in [5, 5.41) is 11.1. The molecule has 0 spiro atoms. The molecule has 0 atom stereocenters. The zero-order valence-electron chi connectivity index (χ0n) is 7.37. The first-order valence-corrected chi connectivity index (χ1v) is 4.52. The summed E-state index contributed by atoms with van der Waals surface area (Å²) in [4.78, 5) is 14.9. The number of rotatable bonds is 2. The van der Waals surface area contributed by atoms with Crippen LogP contribution in [0.4, 0.5) is 0 Å². The Balaban J connectivity index is 3.09. The maximum atomic E-state index is 10.8. The Morgan fingerprint density at radius 2 is 2.38 bits per heavy atom. The molecule has 0 fully saturated rings. The number of carbonyl (C=O) groups is 1. The van der Waals surface area contributed by atoms with E-state index < -0.39 is 11.4 Å². The van der Waals surface area contributed by atoms with Crippen molar-refractivity contribution in [2.24, 2.45) is 0 Å². The minimum atomic E-state index is -0.959. The number of thiazole rings is 1. The van der Waals surface area contributed by atoms with Crippen molar-refractivity contribution in [3.63, 3.8) is 0 Å². The minimum absolute atomic E-state index is 0.495. The molecule has 3 nitrogen and oxygen atoms in total. The smallest absolute Gasteiger partial charge is 0.316 e. The van der Waals surface area contributed by atoms with Gasteiger partial charge in [0.1, 0.15) is 16.1 Å². The average molecular weight is 195 g/mol. The minimum Gasteiger partial charge on any atom is -0.481 e. The Bertz CT molecular complexity index is 373. The van der Waals surface area contributed by atoms with Crippen molar-refractivity contribution in [3.8, 4) is 12.3 Å². The van der Waals surface area contributed by atoms with Crippen LogP contribution in [0.15, 0.2) is 5.38 Å². The summed E-state index contributed by atoms with van der Waals surface area (Å²) in [6.45, 7) is 3.21. The molecule has 0 saturated heterocycles. The molecular formula is C9H9NO2S. The third-order valence-electron chi connectivity index (χ3n) is 1.72. The molecule has 4 heteroatoms. The molecule has 13 heavy (non-hydrogen) atoms. The molecule has 0 aliphatic heterocycles. The standard InChI is InChI=1S/C9H9NO2S/c1-4-6-5-13-7(10-6)9(2,3)8(11)12/h1,5H,2-3H3,(H,11,12). The molecule has 1 heterocycles. The van der Waals surface area contributed by atoms with Crippen LogP contribution in [-0.2, 0) is 10.2 Å². The maximum Gasteiger partial charge on any atom is 0.316 e. The first-order chi connectivity index (χ1) is 5.98. The van der Waals surface area contributed by atoms with Crippen LogP contribution in [0.3, 0.4) is 0 Å². The number of terminal acetylenes is 1. The van der Waals surface area contributed by atoms with Crippen molar-refractivity contribution < 1.29 is 9.90 Å². The highest BCUT2D eigenvalue weighted by atomic mass is 32.1. The van der Waals surface area contributed by atoms with Gasteiger partial charge in [0, 0.05) is 5.38 Å². The molecule has 0 unspecified atom stereocenters. The van der Waals surface area contributed by atoms with Crippen molar-refractivity contribution in [1.82, 2.24) is 4.98 Å². The van der Waals surface area contributed by atoms with Crippen molar-refractivity contribution in [2.75, 3.05) is 0 Å². The summed E-state index contributed by atoms with van der Waals surface area (Å²) in [6, 6.07) is 0. The molecule has 0 bridgehead atoms. The van der Waals surface area contributed by atoms with Gasteiger partial charge in [-0.25, -0.2) is 4.98 Å². The van der Waals surface area contributed by atoms with E-state index in [-0.39, 0.29) is 0 Å². The molecule has 0 aliphatic carbocycles. The SMILES string of the molecule is C#Cc1csc(C(C)(C)C(=O)O)n1. The third kappa shape index (κ3) is 1.70. The zero-order valence-corrected chi connectivity index (χ0v) is 8.18. The Labute approximate surface area is 80.4 Å². The van der Waals surface area contributed by atoms with Crippen LogP contribution in [0.2, 0.25) is 0 Å². The van der Waals surface area contributed by atoms with E-state index in [1.54, 1.807) is 19.2 Å². The van der Waals surface area contributed by atoms with Gasteiger partial charge in [-0.05, 0) is 19.8 Å². The van der Waals surface area contributed by atoms with E-state index in [1.807, 2.05) is 0 Å². The second-order valence-corrected chi connectivity index (χ2v) is 3.97. The molecular weight excluding hydrogens is 186 g/mol. The van der Waals surface area contributed by atoms with Gasteiger partial charge in [-0.15, -0.1) is 17.8 Å². The lowest BCUT2D eigenvalue weighted by Gasteiger charge is -2.14. The Hall–Kier alpha value is -1.34. The van der Waals surface area contributed by atoms with Crippen molar-refractivity contribution in [1.29, 1.82) is 0 Å². The van der Waals surface area contributed by atoms with E-state index in [0.29, 0.717) is 10.7 Å². The van der Waals surface area contributed by atoms with E-state index in [9.17, 15) is 4.79 Å². The molecule has 0 radical (unpaired) electrons. The number of carboxylic acids is 1. The van der Waals surface area contributed by atoms with Gasteiger partial charge in [-0.3, -0.25) is 4.79 Å². The zero-order chi connectivity index (χ0) is 10.1. The van der Waals surface area contributed by atoms with E-state index in [1.165, 1.54) is 11.3 Å². The lowest BCUT2D eigenvalue weighted by Crippen LogP contribution is -2.28. The lowest BCUT2D eigenvalue weighted by atomic mass is 9.95. The summed E-state index contributed by atoms with van der Waals surface area (Å²) in [6.07, 6.45) is 5.13. The highest BCUT2D eigenvalue weighted by molar-refractivity contribution is 7.10. The summed E-state index contributed by atoms with van der Waals surface area (Å²) >= 11 is 1.27. The van der Waals surface area contributed by atoms with Crippen LogP contribution in [-0.4, -0.2) is 16.1 Å². The van der Waals surface area contributed by atoms with Gasteiger partial charge in [0.15, 0.2) is 0 Å². The Morgan fingerprint density at radius 3 is 2.77 bits per heavy atom. The quantitative estimate of drug-likeness (QED) is 0.727. The van der Waals surface area contributed by atoms with Crippen LogP contribution in [0.1, 0.15) is 24.5 Å². The van der Waals surface area contributed by atoms with Crippen LogP contribution in [0.25, 0.3) is 0 Å². The van der Waals surface area contributed by atoms with Gasteiger partial charge in [-0.2, -0.15) is 0 Å². The van der Waals surface area contributed by atoms with Crippen LogP contribution in [0.5, 0.6) is 0 Å². The van der Waals surface area contributed by atoms with Crippen molar-refractivity contribution in [3.05, 3.63) is 16.1 Å². The van der Waals surface area contributed by atoms with Crippen LogP contribution < -0.4 is 0 Å². The second kappa shape index (κ2) is 3.19. The highest BCUT2D eigenvalue weighted by Gasteiger charge is 2.32. The van der Waals surface area contributed by atoms with E-state index >= 15 is 0 Å². The number of aromatic nitrogens is 1. The number of hydrogen-bond donors (Lipinski definition) is 1. The molecule has 68 valence electrons. The predicted molar refractivity (Wildman–Crippen MR) is 50.7 cm³/mol. The fourth-order valence-corrected chi connectivity index (χ4v) is 1.60. The number of hydrogen-bond acceptors (Lipinski definition) is 3. The van der Waals surface area contributed by atoms with Gasteiger partial charge in [0.2, 0.25) is 0 Å². The second-order valence-electron chi connectivity index (χ2n) is 3.11. The monoisotopic (exact) mass is 195 g/mol. The third-order valence-corrected chi connectivity index (χ3v) is 2.89. The first kappa shape index (κ1) is 9.75. The summed E-state index contributed by atoms with van der Waals surface area (Å²) in [5.41, 5.74) is -0.464. The number of nitrogens with zero attached hydrogens (tertiary/aromatic N) is 1. The van der Waals surface area contributed by atoms with Gasteiger partial charge in [0.05, 0.1) is 0 Å². The molecule has 1 aromatic heterocycles. The van der Waals surface area contributed by atoms with Gasteiger partial charge in [0.25, 0.3) is 0 Å². The van der Waals surface area contributed by atoms with Crippen molar-refractivity contribution in [2.45, 2.75) is 19.3 Å². The van der Waals surface area contributed by atoms with Gasteiger partial charge < -0.3 is 5.11 Å². The van der Waals surface area contributed by atoms with E-state index in [4.69, 9.17) is 11.5 Å². The molecule has 0 saturated carbocycles. The molecule has 0 aliphatic rings. The lowest BCUT2D eigenvalue weighted by molar-refractivity contribution is -0.142. The van der Waals surface area contributed by atoms with E-state index in [2.05, 4.69) is 10.9 Å². The summed E-state index contributed by atoms with van der Waals surface area (Å²) in [7, 11) is 0. The fourth-order valence-electron chi connectivity index (χ4n) is 0.719. The van der Waals surface area contributed by atoms with Crippen LogP contribution >= 0.6 is 11.3 Å². The topological polar surface area (TPSA) is 50.2 Å². The largest absolute Gasteiger partial charge is 0.481 e. The Morgan fingerprint density at radius 1 is 1.77 bits per heavy atom. The van der Waals surface area contributed by atoms with Gasteiger partial charge in [-0.1, -0.05) is 0 Å². The van der Waals surface area contributed by atoms with E-state index in [0.717, 1.165) is 0 Å². The maximum absolute atomic E-state index is 10.8. The molecule has 0 amide bonds. The summed E-state index contributed by atoms with van der Waals surface area (Å²) in [5.74, 6) is 1.47. The Kier molecular flexibility index (Phi) is 2.39. The molecule has 1 rings (SSSR count). The normalized spacial score (nSPS) is 10.8. The van der Waals surface area contributed by atoms with Crippen LogP contribution in [0, 0.1) is 12.3 Å². The summed E-state index contributed by atoms with van der Waals surface area (Å²) < 4.78 is 0. The van der Waals surface area contributed by atoms with Gasteiger partial charge >= 0.3 is 5.97 Å². The average Bonchev–Trinajstić information content (AvgIpc) is 2.51. The first-order valence-electron chi connectivity index (χ1n) is 3.64. The molecule has 1 aromatic rings. The molecule has 0 aromatic carbocycles. The number of carboxylic acid groups (broad SMARTS) is 1. The molecule has 1 N–H and O–H groups in total. The number of aliphatic carboxylic acids is 1. The highest BCUT2D eigenvalue weighted by Crippen LogP contribution is 2.26.